The van der Waals surface area contributed by atoms with Crippen LogP contribution in [0.15, 0.2) is 194 Å². The summed E-state index contributed by atoms with van der Waals surface area (Å²) in [5.41, 5.74) is 22.3. The third-order valence-corrected chi connectivity index (χ3v) is 18.2. The Balaban J connectivity index is 1.02. The molecule has 0 atom stereocenters. The van der Waals surface area contributed by atoms with Crippen LogP contribution in [0.2, 0.25) is 0 Å². The Morgan fingerprint density at radius 2 is 0.890 bits per heavy atom. The second-order valence-corrected chi connectivity index (χ2v) is 22.4. The monoisotopic (exact) mass is 944 g/mol. The highest BCUT2D eigenvalue weighted by molar-refractivity contribution is 6.10. The zero-order valence-corrected chi connectivity index (χ0v) is 42.0. The van der Waals surface area contributed by atoms with Crippen molar-refractivity contribution in [3.8, 4) is 39.4 Å². The lowest BCUT2D eigenvalue weighted by Gasteiger charge is -2.41. The molecule has 2 heterocycles. The van der Waals surface area contributed by atoms with Gasteiger partial charge in [-0.3, -0.25) is 0 Å². The summed E-state index contributed by atoms with van der Waals surface area (Å²) in [6.45, 7) is 4.80. The van der Waals surface area contributed by atoms with Gasteiger partial charge in [-0.1, -0.05) is 186 Å². The number of fused-ring (bicyclic) bond motifs is 15. The van der Waals surface area contributed by atoms with Crippen molar-refractivity contribution in [2.45, 2.75) is 101 Å². The summed E-state index contributed by atoms with van der Waals surface area (Å²) in [5, 5.41) is 2.51. The predicted molar refractivity (Wildman–Crippen MR) is 302 cm³/mol. The van der Waals surface area contributed by atoms with Gasteiger partial charge >= 0.3 is 0 Å². The van der Waals surface area contributed by atoms with Crippen molar-refractivity contribution in [2.24, 2.45) is 0 Å². The fraction of sp³-hybridized carbons (Fsp3) is 0.229. The number of rotatable bonds is 6. The highest BCUT2D eigenvalue weighted by Gasteiger charge is 2.52. The Morgan fingerprint density at radius 1 is 0.411 bits per heavy atom. The Bertz CT molecular complexity index is 3740. The largest absolute Gasteiger partial charge is 0.457 e. The van der Waals surface area contributed by atoms with Crippen LogP contribution in [0.25, 0.3) is 49.7 Å². The first-order valence-electron chi connectivity index (χ1n) is 27.3. The molecule has 0 radical (unpaired) electrons. The van der Waals surface area contributed by atoms with Crippen LogP contribution in [-0.4, -0.2) is 4.57 Å². The van der Waals surface area contributed by atoms with Gasteiger partial charge in [-0.2, -0.15) is 0 Å². The van der Waals surface area contributed by atoms with Crippen molar-refractivity contribution in [3.05, 3.63) is 239 Å². The number of benzene rings is 9. The third-order valence-electron chi connectivity index (χ3n) is 18.2. The first kappa shape index (κ1) is 43.0. The fourth-order valence-electron chi connectivity index (χ4n) is 14.8. The van der Waals surface area contributed by atoms with Crippen LogP contribution >= 0.6 is 0 Å². The van der Waals surface area contributed by atoms with Crippen molar-refractivity contribution in [3.63, 3.8) is 0 Å². The minimum atomic E-state index is -0.611. The van der Waals surface area contributed by atoms with Crippen LogP contribution in [0.1, 0.15) is 134 Å². The van der Waals surface area contributed by atoms with Crippen molar-refractivity contribution < 1.29 is 4.74 Å². The molecule has 0 saturated heterocycles. The molecule has 0 amide bonds. The second kappa shape index (κ2) is 16.5. The molecule has 3 heteroatoms. The van der Waals surface area contributed by atoms with Crippen molar-refractivity contribution in [1.29, 1.82) is 0 Å². The molecule has 3 nitrogen and oxygen atoms in total. The minimum Gasteiger partial charge on any atom is -0.457 e. The molecule has 356 valence electrons. The normalized spacial score (nSPS) is 17.1. The molecule has 15 rings (SSSR count). The maximum atomic E-state index is 7.20. The van der Waals surface area contributed by atoms with Crippen LogP contribution in [0.5, 0.6) is 11.5 Å². The summed E-state index contributed by atoms with van der Waals surface area (Å²) in [7, 11) is 0. The molecule has 5 aliphatic rings. The van der Waals surface area contributed by atoms with Crippen LogP contribution < -0.4 is 9.64 Å². The van der Waals surface area contributed by atoms with E-state index in [0.29, 0.717) is 11.8 Å². The van der Waals surface area contributed by atoms with Gasteiger partial charge in [0.05, 0.1) is 27.8 Å². The van der Waals surface area contributed by atoms with E-state index in [-0.39, 0.29) is 5.41 Å². The van der Waals surface area contributed by atoms with Crippen LogP contribution in [0.3, 0.4) is 0 Å². The second-order valence-electron chi connectivity index (χ2n) is 22.4. The molecule has 1 spiro atoms. The number of aromatic nitrogens is 1. The number of para-hydroxylation sites is 4. The summed E-state index contributed by atoms with van der Waals surface area (Å²) in [6.07, 6.45) is 12.8. The molecule has 4 aliphatic carbocycles. The first-order valence-corrected chi connectivity index (χ1v) is 27.3. The maximum absolute atomic E-state index is 7.20. The zero-order chi connectivity index (χ0) is 48.4. The molecule has 2 saturated carbocycles. The topological polar surface area (TPSA) is 17.4 Å². The highest BCUT2D eigenvalue weighted by Crippen LogP contribution is 2.64. The summed E-state index contributed by atoms with van der Waals surface area (Å²) in [5.74, 6) is 3.05. The van der Waals surface area contributed by atoms with E-state index in [2.05, 4.69) is 217 Å². The SMILES string of the molecule is CC1(C)c2ccccc2-c2ccc(N(c3ccc4c(c3)C3(c5cc(C6CCCCC6)ccc5Oc5ccc(C6CCCCC6)cc53)c3ccccc3-4)c3ccccc3-n3c4ccccc4c4ccccc43)cc21. The standard InChI is InChI=1S/C70H60N2O/c1-69(2)57-27-13-9-23-51(57)53-37-35-49(43-59(53)69)71(65-31-17-18-32-66(65)72-63-29-15-11-25-55(63)56-26-12-16-30-64(56)72)50-36-38-54-52-24-10-14-28-58(52)70(60(54)44-50)61-41-47(45-19-5-3-6-20-45)33-39-67(61)73-68-40-34-48(42-62(68)70)46-21-7-4-8-22-46/h9-18,23-46H,3-8,19-22H2,1-2H3. The Labute approximate surface area is 429 Å². The lowest BCUT2D eigenvalue weighted by molar-refractivity contribution is 0.424. The predicted octanol–water partition coefficient (Wildman–Crippen LogP) is 19.1. The molecule has 10 aromatic rings. The molecule has 0 unspecified atom stereocenters. The molecule has 73 heavy (non-hydrogen) atoms. The van der Waals surface area contributed by atoms with E-state index in [4.69, 9.17) is 4.74 Å². The number of hydrogen-bond donors (Lipinski definition) is 0. The summed E-state index contributed by atoms with van der Waals surface area (Å²) in [6, 6.07) is 74.6. The molecule has 0 N–H and O–H groups in total. The van der Waals surface area contributed by atoms with Gasteiger partial charge in [0.1, 0.15) is 11.5 Å². The number of anilines is 3. The van der Waals surface area contributed by atoms with Gasteiger partial charge in [0.25, 0.3) is 0 Å². The van der Waals surface area contributed by atoms with Gasteiger partial charge in [-0.25, -0.2) is 0 Å². The first-order chi connectivity index (χ1) is 36.0. The summed E-state index contributed by atoms with van der Waals surface area (Å²) in [4.78, 5) is 2.58. The van der Waals surface area contributed by atoms with E-state index >= 15 is 0 Å². The fourth-order valence-corrected chi connectivity index (χ4v) is 14.8. The minimum absolute atomic E-state index is 0.175. The van der Waals surface area contributed by atoms with Gasteiger partial charge in [-0.05, 0) is 154 Å². The molecular formula is C70H60N2O. The Morgan fingerprint density at radius 3 is 1.51 bits per heavy atom. The zero-order valence-electron chi connectivity index (χ0n) is 42.0. The van der Waals surface area contributed by atoms with Crippen LogP contribution in [-0.2, 0) is 10.8 Å². The molecular weight excluding hydrogens is 885 g/mol. The van der Waals surface area contributed by atoms with Gasteiger partial charge in [0.15, 0.2) is 0 Å². The van der Waals surface area contributed by atoms with Crippen molar-refractivity contribution >= 4 is 38.9 Å². The lowest BCUT2D eigenvalue weighted by atomic mass is 9.64. The highest BCUT2D eigenvalue weighted by atomic mass is 16.5. The molecule has 1 aliphatic heterocycles. The van der Waals surface area contributed by atoms with Gasteiger partial charge in [0.2, 0.25) is 0 Å². The smallest absolute Gasteiger partial charge is 0.132 e. The average molecular weight is 945 g/mol. The van der Waals surface area contributed by atoms with E-state index in [9.17, 15) is 0 Å². The Kier molecular flexibility index (Phi) is 9.69. The van der Waals surface area contributed by atoms with Gasteiger partial charge in [0, 0.05) is 38.7 Å². The summed E-state index contributed by atoms with van der Waals surface area (Å²) >= 11 is 0. The van der Waals surface area contributed by atoms with Crippen molar-refractivity contribution in [1.82, 2.24) is 4.57 Å². The van der Waals surface area contributed by atoms with Gasteiger partial charge < -0.3 is 14.2 Å². The Hall–Kier alpha value is -7.62. The molecule has 1 aromatic heterocycles. The third kappa shape index (κ3) is 6.30. The van der Waals surface area contributed by atoms with Crippen LogP contribution in [0, 0.1) is 0 Å². The number of hydrogen-bond acceptors (Lipinski definition) is 2. The quantitative estimate of drug-likeness (QED) is 0.165. The van der Waals surface area contributed by atoms with E-state index in [1.807, 2.05) is 0 Å². The molecule has 0 bridgehead atoms. The number of ether oxygens (including phenoxy) is 1. The molecule has 9 aromatic carbocycles. The number of nitrogens with zero attached hydrogens (tertiary/aromatic N) is 2. The van der Waals surface area contributed by atoms with Crippen LogP contribution in [0.4, 0.5) is 17.1 Å². The van der Waals surface area contributed by atoms with E-state index in [1.54, 1.807) is 0 Å². The lowest BCUT2D eigenvalue weighted by Crippen LogP contribution is -2.33. The van der Waals surface area contributed by atoms with E-state index < -0.39 is 5.41 Å². The average Bonchev–Trinajstić information content (AvgIpc) is 4.03. The maximum Gasteiger partial charge on any atom is 0.132 e. The van der Waals surface area contributed by atoms with E-state index in [1.165, 1.54) is 153 Å². The summed E-state index contributed by atoms with van der Waals surface area (Å²) < 4.78 is 9.69. The van der Waals surface area contributed by atoms with Crippen molar-refractivity contribution in [2.75, 3.05) is 4.90 Å². The van der Waals surface area contributed by atoms with Gasteiger partial charge in [-0.15, -0.1) is 0 Å². The molecule has 2 fully saturated rings. The van der Waals surface area contributed by atoms with E-state index in [0.717, 1.165) is 34.2 Å².